The molecule has 3 aromatic heterocycles. The Bertz CT molecular complexity index is 3180. The summed E-state index contributed by atoms with van der Waals surface area (Å²) in [7, 11) is 0. The first-order valence-electron chi connectivity index (χ1n) is 17.6. The first kappa shape index (κ1) is 28.8. The van der Waals surface area contributed by atoms with Crippen molar-refractivity contribution in [3.8, 4) is 39.5 Å². The van der Waals surface area contributed by atoms with Gasteiger partial charge in [-0.15, -0.1) is 0 Å². The number of para-hydroxylation sites is 1. The Morgan fingerprint density at radius 1 is 0.423 bits per heavy atom. The van der Waals surface area contributed by atoms with Gasteiger partial charge in [-0.05, 0) is 69.6 Å². The maximum absolute atomic E-state index is 6.62. The van der Waals surface area contributed by atoms with Gasteiger partial charge in [0, 0.05) is 32.8 Å². The fraction of sp³-hybridized carbons (Fsp3) is 0. The van der Waals surface area contributed by atoms with E-state index in [0.29, 0.717) is 11.4 Å². The van der Waals surface area contributed by atoms with Gasteiger partial charge >= 0.3 is 0 Å². The van der Waals surface area contributed by atoms with E-state index in [2.05, 4.69) is 144 Å². The summed E-state index contributed by atoms with van der Waals surface area (Å²) in [6.45, 7) is 0. The zero-order chi connectivity index (χ0) is 34.2. The topological polar surface area (TPSA) is 43.9 Å². The van der Waals surface area contributed by atoms with Gasteiger partial charge in [0.05, 0.1) is 16.7 Å². The van der Waals surface area contributed by atoms with E-state index in [4.69, 9.17) is 14.4 Å². The minimum absolute atomic E-state index is 0.670. The van der Waals surface area contributed by atoms with E-state index in [1.54, 1.807) is 0 Å². The van der Waals surface area contributed by atoms with Crippen molar-refractivity contribution < 1.29 is 4.42 Å². The quantitative estimate of drug-likeness (QED) is 0.188. The van der Waals surface area contributed by atoms with Crippen LogP contribution in [-0.4, -0.2) is 14.5 Å². The maximum Gasteiger partial charge on any atom is 0.180 e. The predicted molar refractivity (Wildman–Crippen MR) is 215 cm³/mol. The number of furan rings is 1. The van der Waals surface area contributed by atoms with Crippen LogP contribution < -0.4 is 0 Å². The summed E-state index contributed by atoms with van der Waals surface area (Å²) >= 11 is 0. The van der Waals surface area contributed by atoms with Crippen molar-refractivity contribution in [3.63, 3.8) is 0 Å². The Labute approximate surface area is 298 Å². The van der Waals surface area contributed by atoms with Crippen molar-refractivity contribution in [1.82, 2.24) is 14.5 Å². The van der Waals surface area contributed by atoms with Crippen molar-refractivity contribution in [3.05, 3.63) is 176 Å². The Kier molecular flexibility index (Phi) is 6.22. The smallest absolute Gasteiger partial charge is 0.180 e. The molecule has 0 amide bonds. The third-order valence-electron chi connectivity index (χ3n) is 10.3. The van der Waals surface area contributed by atoms with E-state index < -0.39 is 0 Å². The molecule has 4 heteroatoms. The number of aromatic nitrogens is 3. The Morgan fingerprint density at radius 3 is 1.83 bits per heavy atom. The molecule has 4 nitrogen and oxygen atoms in total. The maximum atomic E-state index is 6.62. The highest BCUT2D eigenvalue weighted by atomic mass is 16.3. The molecule has 0 N–H and O–H groups in total. The minimum Gasteiger partial charge on any atom is -0.452 e. The van der Waals surface area contributed by atoms with E-state index in [1.165, 1.54) is 43.4 Å². The molecular formula is C48H29N3O. The first-order chi connectivity index (χ1) is 25.8. The summed E-state index contributed by atoms with van der Waals surface area (Å²) in [5, 5.41) is 8.26. The van der Waals surface area contributed by atoms with Crippen LogP contribution in [0.1, 0.15) is 0 Å². The third-order valence-corrected chi connectivity index (χ3v) is 10.3. The van der Waals surface area contributed by atoms with E-state index in [-0.39, 0.29) is 0 Å². The number of benzene rings is 8. The molecular weight excluding hydrogens is 635 g/mol. The highest BCUT2D eigenvalue weighted by Crippen LogP contribution is 2.42. The van der Waals surface area contributed by atoms with Crippen LogP contribution in [0.4, 0.5) is 0 Å². The second kappa shape index (κ2) is 11.2. The lowest BCUT2D eigenvalue weighted by atomic mass is 9.97. The lowest BCUT2D eigenvalue weighted by Gasteiger charge is -2.16. The molecule has 0 saturated carbocycles. The highest BCUT2D eigenvalue weighted by Gasteiger charge is 2.21. The van der Waals surface area contributed by atoms with Crippen LogP contribution in [0.5, 0.6) is 0 Å². The molecule has 0 fully saturated rings. The van der Waals surface area contributed by atoms with Gasteiger partial charge in [0.25, 0.3) is 0 Å². The van der Waals surface area contributed by atoms with Gasteiger partial charge in [0.2, 0.25) is 0 Å². The zero-order valence-electron chi connectivity index (χ0n) is 28.0. The van der Waals surface area contributed by atoms with Gasteiger partial charge in [-0.1, -0.05) is 133 Å². The monoisotopic (exact) mass is 663 g/mol. The normalized spacial score (nSPS) is 11.8. The minimum atomic E-state index is 0.670. The van der Waals surface area contributed by atoms with Crippen LogP contribution in [0.25, 0.3) is 105 Å². The lowest BCUT2D eigenvalue weighted by molar-refractivity contribution is 0.667. The largest absolute Gasteiger partial charge is 0.452 e. The molecule has 0 unspecified atom stereocenters. The van der Waals surface area contributed by atoms with E-state index in [9.17, 15) is 0 Å². The fourth-order valence-electron chi connectivity index (χ4n) is 7.88. The SMILES string of the molecule is c1ccc(-c2nc(-c3ccccc3)c3oc4ccc(-c5cc6ccccc6cc5-n5c6ccccc6c6cc7ccccc7cc65)cc4c3n2)cc1. The average molecular weight is 664 g/mol. The van der Waals surface area contributed by atoms with E-state index in [1.807, 2.05) is 36.4 Å². The second-order valence-electron chi connectivity index (χ2n) is 13.4. The molecule has 242 valence electrons. The molecule has 0 spiro atoms. The van der Waals surface area contributed by atoms with Crippen molar-refractivity contribution in [2.75, 3.05) is 0 Å². The molecule has 0 atom stereocenters. The summed E-state index contributed by atoms with van der Waals surface area (Å²) in [6, 6.07) is 62.2. The Balaban J connectivity index is 1.21. The molecule has 0 saturated heterocycles. The van der Waals surface area contributed by atoms with Crippen molar-refractivity contribution in [2.24, 2.45) is 0 Å². The Hall–Kier alpha value is -7.04. The van der Waals surface area contributed by atoms with Crippen molar-refractivity contribution in [2.45, 2.75) is 0 Å². The molecule has 3 heterocycles. The first-order valence-corrected chi connectivity index (χ1v) is 17.6. The summed E-state index contributed by atoms with van der Waals surface area (Å²) in [4.78, 5) is 10.2. The summed E-state index contributed by atoms with van der Waals surface area (Å²) in [5.41, 5.74) is 10.7. The molecule has 52 heavy (non-hydrogen) atoms. The zero-order valence-corrected chi connectivity index (χ0v) is 28.0. The van der Waals surface area contributed by atoms with E-state index in [0.717, 1.165) is 50.1 Å². The Morgan fingerprint density at radius 2 is 1.06 bits per heavy atom. The van der Waals surface area contributed by atoms with Crippen LogP contribution in [0.2, 0.25) is 0 Å². The summed E-state index contributed by atoms with van der Waals surface area (Å²) in [5.74, 6) is 0.670. The second-order valence-corrected chi connectivity index (χ2v) is 13.4. The van der Waals surface area contributed by atoms with Crippen molar-refractivity contribution in [1.29, 1.82) is 0 Å². The van der Waals surface area contributed by atoms with Crippen molar-refractivity contribution >= 4 is 65.4 Å². The van der Waals surface area contributed by atoms with Gasteiger partial charge in [-0.25, -0.2) is 9.97 Å². The van der Waals surface area contributed by atoms with Crippen LogP contribution in [0.3, 0.4) is 0 Å². The number of hydrogen-bond acceptors (Lipinski definition) is 3. The molecule has 0 aliphatic heterocycles. The van der Waals surface area contributed by atoms with Gasteiger partial charge in [0.15, 0.2) is 11.4 Å². The molecule has 0 radical (unpaired) electrons. The van der Waals surface area contributed by atoms with Gasteiger partial charge in [-0.3, -0.25) is 0 Å². The molecule has 0 aliphatic rings. The predicted octanol–water partition coefficient (Wildman–Crippen LogP) is 12.8. The number of nitrogens with zero attached hydrogens (tertiary/aromatic N) is 3. The molecule has 0 bridgehead atoms. The van der Waals surface area contributed by atoms with Crippen LogP contribution in [-0.2, 0) is 0 Å². The highest BCUT2D eigenvalue weighted by molar-refractivity contribution is 6.15. The number of hydrogen-bond donors (Lipinski definition) is 0. The summed E-state index contributed by atoms with van der Waals surface area (Å²) < 4.78 is 9.06. The standard InChI is InChI=1S/C48H29N3O/c1-3-13-30(14-4-1)45-47-46(50-48(49-45)31-15-5-2-6-16-31)40-27-36(23-24-44(40)52-47)38-25-32-17-7-9-19-34(32)28-42(38)51-41-22-12-11-21-37(41)39-26-33-18-8-10-20-35(33)29-43(39)51/h1-29H. The average Bonchev–Trinajstić information content (AvgIpc) is 3.74. The van der Waals surface area contributed by atoms with Crippen LogP contribution in [0.15, 0.2) is 180 Å². The molecule has 11 aromatic rings. The molecule has 11 rings (SSSR count). The lowest BCUT2D eigenvalue weighted by Crippen LogP contribution is -1.98. The van der Waals surface area contributed by atoms with Gasteiger partial charge < -0.3 is 8.98 Å². The van der Waals surface area contributed by atoms with Crippen LogP contribution >= 0.6 is 0 Å². The fourth-order valence-corrected chi connectivity index (χ4v) is 7.88. The molecule has 0 aliphatic carbocycles. The summed E-state index contributed by atoms with van der Waals surface area (Å²) in [6.07, 6.45) is 0. The number of rotatable bonds is 4. The van der Waals surface area contributed by atoms with Crippen LogP contribution in [0, 0.1) is 0 Å². The number of fused-ring (bicyclic) bond motifs is 8. The van der Waals surface area contributed by atoms with Gasteiger partial charge in [0.1, 0.15) is 16.8 Å². The third kappa shape index (κ3) is 4.41. The molecule has 8 aromatic carbocycles. The van der Waals surface area contributed by atoms with E-state index >= 15 is 0 Å². The van der Waals surface area contributed by atoms with Gasteiger partial charge in [-0.2, -0.15) is 0 Å².